The molecule has 0 spiro atoms. The number of rotatable bonds is 5. The van der Waals surface area contributed by atoms with Crippen molar-refractivity contribution in [2.24, 2.45) is 23.2 Å². The van der Waals surface area contributed by atoms with Crippen LogP contribution in [0.3, 0.4) is 0 Å². The fraction of sp³-hybridized carbons (Fsp3) is 0.708. The molecule has 3 fully saturated rings. The maximum absolute atomic E-state index is 6.01. The lowest BCUT2D eigenvalue weighted by Gasteiger charge is -2.40. The zero-order valence-corrected chi connectivity index (χ0v) is 18.1. The van der Waals surface area contributed by atoms with Gasteiger partial charge in [0.15, 0.2) is 0 Å². The van der Waals surface area contributed by atoms with Gasteiger partial charge in [0, 0.05) is 24.3 Å². The van der Waals surface area contributed by atoms with Gasteiger partial charge in [-0.3, -0.25) is 0 Å². The van der Waals surface area contributed by atoms with Crippen molar-refractivity contribution in [1.29, 1.82) is 0 Å². The van der Waals surface area contributed by atoms with Crippen LogP contribution in [-0.4, -0.2) is 23.6 Å². The topological polar surface area (TPSA) is 15.3 Å². The third kappa shape index (κ3) is 3.82. The summed E-state index contributed by atoms with van der Waals surface area (Å²) < 4.78 is 0. The van der Waals surface area contributed by atoms with E-state index in [9.17, 15) is 0 Å². The van der Waals surface area contributed by atoms with Crippen LogP contribution < -0.4 is 10.2 Å². The molecule has 3 aliphatic rings. The molecule has 0 radical (unpaired) electrons. The predicted octanol–water partition coefficient (Wildman–Crippen LogP) is 5.81. The minimum absolute atomic E-state index is 0.529. The molecule has 1 N–H and O–H groups in total. The quantitative estimate of drug-likeness (QED) is 0.645. The SMILES string of the molecule is C[C@@H]1C(NCC(=S)N(c2ccccc2)C2CCCCC2)[C@H]2C[C@@H]1C(C)(C)C2. The van der Waals surface area contributed by atoms with E-state index in [1.165, 1.54) is 50.6 Å². The number of thiocarbonyl (C=S) groups is 1. The van der Waals surface area contributed by atoms with E-state index in [4.69, 9.17) is 12.2 Å². The van der Waals surface area contributed by atoms with Gasteiger partial charge in [0.05, 0.1) is 4.99 Å². The van der Waals surface area contributed by atoms with Crippen molar-refractivity contribution in [3.63, 3.8) is 0 Å². The Labute approximate surface area is 171 Å². The molecule has 1 aromatic carbocycles. The maximum atomic E-state index is 6.01. The van der Waals surface area contributed by atoms with Crippen LogP contribution in [0.4, 0.5) is 5.69 Å². The second-order valence-corrected chi connectivity index (χ2v) is 10.4. The van der Waals surface area contributed by atoms with Gasteiger partial charge in [-0.2, -0.15) is 0 Å². The number of hydrogen-bond donors (Lipinski definition) is 1. The van der Waals surface area contributed by atoms with Gasteiger partial charge in [0.25, 0.3) is 0 Å². The molecule has 0 saturated heterocycles. The first kappa shape index (κ1) is 19.4. The molecule has 2 nitrogen and oxygen atoms in total. The van der Waals surface area contributed by atoms with Gasteiger partial charge in [-0.25, -0.2) is 0 Å². The molecule has 4 rings (SSSR count). The third-order valence-electron chi connectivity index (χ3n) is 7.79. The van der Waals surface area contributed by atoms with Crippen LogP contribution in [0.5, 0.6) is 0 Å². The third-order valence-corrected chi connectivity index (χ3v) is 8.13. The van der Waals surface area contributed by atoms with Gasteiger partial charge in [-0.05, 0) is 61.0 Å². The summed E-state index contributed by atoms with van der Waals surface area (Å²) in [7, 11) is 0. The van der Waals surface area contributed by atoms with Crippen molar-refractivity contribution in [2.45, 2.75) is 77.8 Å². The Kier molecular flexibility index (Phi) is 5.62. The van der Waals surface area contributed by atoms with Crippen molar-refractivity contribution >= 4 is 22.9 Å². The Hall–Kier alpha value is -0.930. The smallest absolute Gasteiger partial charge is 0.0966 e. The molecule has 0 aromatic heterocycles. The van der Waals surface area contributed by atoms with E-state index >= 15 is 0 Å². The Morgan fingerprint density at radius 1 is 1.15 bits per heavy atom. The maximum Gasteiger partial charge on any atom is 0.0966 e. The van der Waals surface area contributed by atoms with E-state index in [1.54, 1.807) is 0 Å². The van der Waals surface area contributed by atoms with Crippen molar-refractivity contribution < 1.29 is 0 Å². The Balaban J connectivity index is 1.43. The first-order chi connectivity index (χ1) is 13.0. The molecule has 0 heterocycles. The summed E-state index contributed by atoms with van der Waals surface area (Å²) in [6.45, 7) is 8.24. The van der Waals surface area contributed by atoms with Crippen LogP contribution in [0.25, 0.3) is 0 Å². The van der Waals surface area contributed by atoms with Crippen molar-refractivity contribution in [3.8, 4) is 0 Å². The summed E-state index contributed by atoms with van der Waals surface area (Å²) in [5.41, 5.74) is 1.80. The highest BCUT2D eigenvalue weighted by Gasteiger charge is 2.54. The molecule has 27 heavy (non-hydrogen) atoms. The summed E-state index contributed by atoms with van der Waals surface area (Å²) in [6, 6.07) is 12.1. The van der Waals surface area contributed by atoms with Gasteiger partial charge in [0.1, 0.15) is 0 Å². The van der Waals surface area contributed by atoms with E-state index in [0.29, 0.717) is 17.5 Å². The number of benzene rings is 1. The lowest BCUT2D eigenvalue weighted by molar-refractivity contribution is 0.130. The van der Waals surface area contributed by atoms with E-state index in [2.05, 4.69) is 61.3 Å². The summed E-state index contributed by atoms with van der Waals surface area (Å²) >= 11 is 6.01. The van der Waals surface area contributed by atoms with Gasteiger partial charge < -0.3 is 10.2 Å². The minimum Gasteiger partial charge on any atom is -0.332 e. The van der Waals surface area contributed by atoms with E-state index in [-0.39, 0.29) is 0 Å². The number of hydrogen-bond acceptors (Lipinski definition) is 2. The van der Waals surface area contributed by atoms with Crippen molar-refractivity contribution in [1.82, 2.24) is 5.32 Å². The summed E-state index contributed by atoms with van der Waals surface area (Å²) in [6.07, 6.45) is 9.37. The minimum atomic E-state index is 0.529. The Bertz CT molecular complexity index is 648. The number of anilines is 1. The van der Waals surface area contributed by atoms with Gasteiger partial charge in [0.2, 0.25) is 0 Å². The molecule has 3 heteroatoms. The molecule has 1 unspecified atom stereocenters. The predicted molar refractivity (Wildman–Crippen MR) is 119 cm³/mol. The fourth-order valence-electron chi connectivity index (χ4n) is 6.56. The van der Waals surface area contributed by atoms with Crippen LogP contribution in [0, 0.1) is 23.2 Å². The number of nitrogens with one attached hydrogen (secondary N) is 1. The monoisotopic (exact) mass is 384 g/mol. The molecular formula is C24H36N2S. The molecule has 0 aliphatic heterocycles. The van der Waals surface area contributed by atoms with Crippen LogP contribution >= 0.6 is 12.2 Å². The number of fused-ring (bicyclic) bond motifs is 2. The zero-order valence-electron chi connectivity index (χ0n) is 17.3. The van der Waals surface area contributed by atoms with Crippen LogP contribution in [0.1, 0.15) is 65.7 Å². The fourth-order valence-corrected chi connectivity index (χ4v) is 6.90. The van der Waals surface area contributed by atoms with Gasteiger partial charge >= 0.3 is 0 Å². The number of nitrogens with zero attached hydrogens (tertiary/aromatic N) is 1. The lowest BCUT2D eigenvalue weighted by atomic mass is 9.70. The van der Waals surface area contributed by atoms with Crippen LogP contribution in [0.2, 0.25) is 0 Å². The zero-order chi connectivity index (χ0) is 19.0. The summed E-state index contributed by atoms with van der Waals surface area (Å²) in [5.74, 6) is 2.47. The Morgan fingerprint density at radius 2 is 1.85 bits per heavy atom. The van der Waals surface area contributed by atoms with Gasteiger partial charge in [-0.1, -0.05) is 70.5 Å². The second kappa shape index (κ2) is 7.83. The lowest BCUT2D eigenvalue weighted by Crippen LogP contribution is -2.50. The molecule has 4 atom stereocenters. The normalized spacial score (nSPS) is 32.6. The van der Waals surface area contributed by atoms with Gasteiger partial charge in [-0.15, -0.1) is 0 Å². The van der Waals surface area contributed by atoms with Crippen LogP contribution in [0.15, 0.2) is 30.3 Å². The largest absolute Gasteiger partial charge is 0.332 e. The number of para-hydroxylation sites is 1. The van der Waals surface area contributed by atoms with Crippen molar-refractivity contribution in [2.75, 3.05) is 11.4 Å². The molecule has 0 amide bonds. The van der Waals surface area contributed by atoms with Crippen LogP contribution in [-0.2, 0) is 0 Å². The van der Waals surface area contributed by atoms with E-state index < -0.39 is 0 Å². The average Bonchev–Trinajstić information content (AvgIpc) is 3.14. The molecular weight excluding hydrogens is 348 g/mol. The highest BCUT2D eigenvalue weighted by atomic mass is 32.1. The first-order valence-electron chi connectivity index (χ1n) is 11.1. The summed E-state index contributed by atoms with van der Waals surface area (Å²) in [5, 5.41) is 3.91. The Morgan fingerprint density at radius 3 is 2.48 bits per heavy atom. The molecule has 3 saturated carbocycles. The highest BCUT2D eigenvalue weighted by molar-refractivity contribution is 7.80. The summed E-state index contributed by atoms with van der Waals surface area (Å²) in [4.78, 5) is 3.56. The van der Waals surface area contributed by atoms with E-state index in [0.717, 1.165) is 29.3 Å². The standard InChI is InChI=1S/C24H36N2S/c1-17-21-14-18(15-24(21,2)3)23(17)25-16-22(27)26(19-10-6-4-7-11-19)20-12-8-5-9-13-20/h4,6-7,10-11,17-18,20-21,23,25H,5,8-9,12-16H2,1-3H3/t17-,18-,21-,23?/m0/s1. The first-order valence-corrected chi connectivity index (χ1v) is 11.5. The van der Waals surface area contributed by atoms with E-state index in [1.807, 2.05) is 0 Å². The van der Waals surface area contributed by atoms with Crippen molar-refractivity contribution in [3.05, 3.63) is 30.3 Å². The molecule has 3 aliphatic carbocycles. The average molecular weight is 385 g/mol. The molecule has 1 aromatic rings. The second-order valence-electron chi connectivity index (χ2n) is 9.95. The molecule has 148 valence electrons. The highest BCUT2D eigenvalue weighted by Crippen LogP contribution is 2.58. The molecule has 2 bridgehead atoms.